The molecule has 0 aliphatic heterocycles. The molecule has 0 N–H and O–H groups in total. The van der Waals surface area contributed by atoms with E-state index >= 15 is 0 Å². The van der Waals surface area contributed by atoms with Gasteiger partial charge in [0, 0.05) is 47.7 Å². The van der Waals surface area contributed by atoms with Crippen LogP contribution in [0.15, 0.2) is 114 Å². The quantitative estimate of drug-likeness (QED) is 0.124. The summed E-state index contributed by atoms with van der Waals surface area (Å²) >= 11 is 0. The molecule has 50 heavy (non-hydrogen) atoms. The van der Waals surface area contributed by atoms with E-state index in [1.54, 1.807) is 29.1 Å². The van der Waals surface area contributed by atoms with Crippen LogP contribution in [0.4, 0.5) is 0 Å². The molecule has 8 rings (SSSR count). The number of furan rings is 1. The molecule has 3 aromatic carbocycles. The van der Waals surface area contributed by atoms with Crippen molar-refractivity contribution in [3.63, 3.8) is 0 Å². The molecule has 4 aromatic heterocycles. The fraction of sp³-hybridized carbons (Fsp3) is 0.250. The van der Waals surface area contributed by atoms with Crippen molar-refractivity contribution < 1.29 is 28.6 Å². The largest absolute Gasteiger partial charge is 0.486 e. The molecule has 0 atom stereocenters. The number of nitrogens with zero attached hydrogens (tertiary/aromatic N) is 3. The van der Waals surface area contributed by atoms with Crippen LogP contribution in [-0.4, -0.2) is 23.0 Å². The van der Waals surface area contributed by atoms with E-state index in [0.717, 1.165) is 50.3 Å². The Morgan fingerprint density at radius 3 is 2.36 bits per heavy atom. The third-order valence-electron chi connectivity index (χ3n) is 9.43. The zero-order valence-electron chi connectivity index (χ0n) is 31.8. The van der Waals surface area contributed by atoms with E-state index in [4.69, 9.17) is 13.5 Å². The van der Waals surface area contributed by atoms with Crippen LogP contribution in [0.25, 0.3) is 55.7 Å². The van der Waals surface area contributed by atoms with E-state index in [1.165, 1.54) is 44.6 Å². The molecule has 0 spiro atoms. The number of hydrogen-bond acceptors (Lipinski definition) is 4. The number of hydrogen-bond donors (Lipinski definition) is 0. The first-order valence-corrected chi connectivity index (χ1v) is 20.8. The maximum atomic E-state index is 7.53. The third-order valence-corrected chi connectivity index (χ3v) is 11.5. The zero-order valence-corrected chi connectivity index (χ0v) is 32.2. The van der Waals surface area contributed by atoms with Crippen molar-refractivity contribution in [2.75, 3.05) is 0 Å². The molecule has 0 bridgehead atoms. The molecule has 7 aromatic rings. The van der Waals surface area contributed by atoms with Gasteiger partial charge in [0.1, 0.15) is 0 Å². The molecule has 255 valence electrons. The van der Waals surface area contributed by atoms with Crippen LogP contribution < -0.4 is 5.19 Å². The minimum absolute atomic E-state index is 0. The van der Waals surface area contributed by atoms with Crippen LogP contribution in [-0.2, 0) is 26.5 Å². The summed E-state index contributed by atoms with van der Waals surface area (Å²) in [5.74, 6) is 0.869. The molecule has 1 radical (unpaired) electrons. The monoisotopic (exact) mass is 853 g/mol. The van der Waals surface area contributed by atoms with Crippen molar-refractivity contribution in [1.29, 1.82) is 0 Å². The molecular weight excluding hydrogens is 807 g/mol. The minimum Gasteiger partial charge on any atom is -0.486 e. The number of aryl methyl sites for hydroxylation is 1. The van der Waals surface area contributed by atoms with Gasteiger partial charge in [-0.2, -0.15) is 0 Å². The van der Waals surface area contributed by atoms with E-state index in [1.807, 2.05) is 48.5 Å². The molecular formula is C44H43IrN3OSi-2. The topological polar surface area (TPSA) is 51.8 Å². The Morgan fingerprint density at radius 2 is 1.60 bits per heavy atom. The van der Waals surface area contributed by atoms with Gasteiger partial charge in [0.2, 0.25) is 5.71 Å². The predicted octanol–water partition coefficient (Wildman–Crippen LogP) is 11.0. The van der Waals surface area contributed by atoms with Crippen molar-refractivity contribution in [2.24, 2.45) is 5.92 Å². The summed E-state index contributed by atoms with van der Waals surface area (Å²) in [5, 5.41) is 3.16. The van der Waals surface area contributed by atoms with Gasteiger partial charge < -0.3 is 14.4 Å². The summed E-state index contributed by atoms with van der Waals surface area (Å²) in [7, 11) is -1.36. The Bertz CT molecular complexity index is 2300. The average Bonchev–Trinajstić information content (AvgIpc) is 3.53. The summed E-state index contributed by atoms with van der Waals surface area (Å²) in [4.78, 5) is 13.5. The van der Waals surface area contributed by atoms with Crippen LogP contribution in [0, 0.1) is 24.9 Å². The summed E-state index contributed by atoms with van der Waals surface area (Å²) in [6.07, 6.45) is 12.3. The van der Waals surface area contributed by atoms with Gasteiger partial charge in [0.15, 0.2) is 0 Å². The summed E-state index contributed by atoms with van der Waals surface area (Å²) < 4.78 is 28.4. The molecule has 0 unspecified atom stereocenters. The van der Waals surface area contributed by atoms with Crippen molar-refractivity contribution in [3.05, 3.63) is 133 Å². The van der Waals surface area contributed by atoms with Gasteiger partial charge in [-0.25, -0.2) is 4.98 Å². The Kier molecular flexibility index (Phi) is 10.0. The predicted molar refractivity (Wildman–Crippen MR) is 206 cm³/mol. The van der Waals surface area contributed by atoms with Gasteiger partial charge in [0.05, 0.1) is 13.7 Å². The molecule has 1 saturated carbocycles. The van der Waals surface area contributed by atoms with Gasteiger partial charge in [-0.15, -0.1) is 59.7 Å². The van der Waals surface area contributed by atoms with Gasteiger partial charge in [-0.1, -0.05) is 105 Å². The van der Waals surface area contributed by atoms with Crippen molar-refractivity contribution in [2.45, 2.75) is 65.0 Å². The van der Waals surface area contributed by atoms with E-state index < -0.39 is 14.9 Å². The number of benzene rings is 3. The smallest absolute Gasteiger partial charge is 0.216 e. The molecule has 0 saturated heterocycles. The molecule has 0 amide bonds. The summed E-state index contributed by atoms with van der Waals surface area (Å²) in [6.45, 7) is 5.03. The number of fused-ring (bicyclic) bond motifs is 3. The first kappa shape index (κ1) is 31.7. The number of rotatable bonds is 6. The Hall–Kier alpha value is -4.22. The fourth-order valence-electron chi connectivity index (χ4n) is 6.88. The van der Waals surface area contributed by atoms with Crippen LogP contribution in [0.5, 0.6) is 0 Å². The Balaban J connectivity index is 0.000000183. The third kappa shape index (κ3) is 8.21. The maximum Gasteiger partial charge on any atom is 0.216 e. The second-order valence-electron chi connectivity index (χ2n) is 14.0. The minimum atomic E-state index is -2.27. The van der Waals surface area contributed by atoms with Crippen molar-refractivity contribution in [1.82, 2.24) is 15.0 Å². The first-order chi connectivity index (χ1) is 25.0. The normalized spacial score (nSPS) is 14.6. The molecule has 1 aliphatic carbocycles. The molecule has 4 nitrogen and oxygen atoms in total. The summed E-state index contributed by atoms with van der Waals surface area (Å²) in [6, 6.07) is 38.2. The standard InChI is InChI=1S/C23H15N2O.C21H28NSi.Ir/c1-15-7-9-19-20-13-18(8-10-22(20)26-23(19)25-15)21-14-17(11-12-24-21)16-5-3-2-4-6-16;1-23(2,3)21-16-22-20(18-12-8-5-9-13-18)15-19(21)14-17-10-6-4-7-11-17;/h2-7,9-14H,1H3;5,8-9,12,15-17H,4,6-7,10-11,14H2,1-3H3;/q2*-1;/i1D3;;. The summed E-state index contributed by atoms with van der Waals surface area (Å²) in [5.41, 5.74) is 8.51. The molecule has 4 heterocycles. The Morgan fingerprint density at radius 1 is 0.800 bits per heavy atom. The van der Waals surface area contributed by atoms with Gasteiger partial charge in [0.25, 0.3) is 0 Å². The van der Waals surface area contributed by atoms with Gasteiger partial charge in [-0.05, 0) is 65.1 Å². The van der Waals surface area contributed by atoms with Crippen molar-refractivity contribution >= 4 is 35.3 Å². The maximum absolute atomic E-state index is 7.53. The molecule has 6 heteroatoms. The van der Waals surface area contributed by atoms with E-state index in [2.05, 4.69) is 78.3 Å². The Labute approximate surface area is 315 Å². The van der Waals surface area contributed by atoms with E-state index in [-0.39, 0.29) is 25.8 Å². The second-order valence-corrected chi connectivity index (χ2v) is 19.1. The van der Waals surface area contributed by atoms with E-state index in [0.29, 0.717) is 11.3 Å². The van der Waals surface area contributed by atoms with E-state index in [9.17, 15) is 0 Å². The van der Waals surface area contributed by atoms with Crippen LogP contribution in [0.2, 0.25) is 19.6 Å². The van der Waals surface area contributed by atoms with Crippen LogP contribution >= 0.6 is 0 Å². The zero-order chi connectivity index (χ0) is 36.3. The number of aromatic nitrogens is 3. The molecule has 1 fully saturated rings. The van der Waals surface area contributed by atoms with Gasteiger partial charge in [-0.3, -0.25) is 0 Å². The number of pyridine rings is 3. The second kappa shape index (κ2) is 15.8. The van der Waals surface area contributed by atoms with Crippen LogP contribution in [0.3, 0.4) is 0 Å². The average molecular weight is 853 g/mol. The van der Waals surface area contributed by atoms with Crippen molar-refractivity contribution in [3.8, 4) is 33.6 Å². The van der Waals surface area contributed by atoms with Gasteiger partial charge >= 0.3 is 0 Å². The SMILES string of the molecule is C[Si](C)(C)c1cnc(-c2[c-]cccc2)cc1CC1CCCCC1.[2H]C([2H])([2H])c1ccc2c(n1)oc1c[c-]c(-c3cc(-c4ccccc4)ccn3)cc12.[Ir]. The fourth-order valence-corrected chi connectivity index (χ4v) is 8.47. The first-order valence-electron chi connectivity index (χ1n) is 18.8. The van der Waals surface area contributed by atoms with Crippen LogP contribution in [0.1, 0.15) is 47.5 Å². The molecule has 1 aliphatic rings.